The summed E-state index contributed by atoms with van der Waals surface area (Å²) in [6, 6.07) is 32.4. The molecule has 8 heteroatoms. The lowest BCUT2D eigenvalue weighted by Gasteiger charge is -2.35. The first-order valence-corrected chi connectivity index (χ1v) is 17.7. The first-order chi connectivity index (χ1) is 23.2. The second-order valence-electron chi connectivity index (χ2n) is 12.9. The van der Waals surface area contributed by atoms with Crippen LogP contribution in [0.5, 0.6) is 0 Å². The van der Waals surface area contributed by atoms with Crippen molar-refractivity contribution in [3.05, 3.63) is 140 Å². The molecule has 1 fully saturated rings. The Morgan fingerprint density at radius 1 is 0.583 bits per heavy atom. The Balaban J connectivity index is 1.01. The maximum absolute atomic E-state index is 13.2. The van der Waals surface area contributed by atoms with Crippen molar-refractivity contribution in [1.82, 2.24) is 20.4 Å². The number of benzene rings is 4. The van der Waals surface area contributed by atoms with Crippen LogP contribution in [-0.2, 0) is 25.7 Å². The largest absolute Gasteiger partial charge is 0.335 e. The Bertz CT molecular complexity index is 1510. The van der Waals surface area contributed by atoms with Crippen LogP contribution in [0, 0.1) is 0 Å². The van der Waals surface area contributed by atoms with Gasteiger partial charge in [0.1, 0.15) is 0 Å². The molecule has 1 heterocycles. The first kappa shape index (κ1) is 35.6. The summed E-state index contributed by atoms with van der Waals surface area (Å²) in [5.41, 5.74) is 6.19. The summed E-state index contributed by atoms with van der Waals surface area (Å²) < 4.78 is 0. The smallest absolute Gasteiger partial charge is 0.253 e. The predicted molar refractivity (Wildman–Crippen MR) is 197 cm³/mol. The molecular formula is C40H46Cl2N4O2. The molecule has 0 bridgehead atoms. The molecule has 2 N–H and O–H groups in total. The van der Waals surface area contributed by atoms with E-state index in [0.717, 1.165) is 48.8 Å². The van der Waals surface area contributed by atoms with Gasteiger partial charge in [-0.1, -0.05) is 71.7 Å². The van der Waals surface area contributed by atoms with Gasteiger partial charge in [-0.25, -0.2) is 0 Å². The van der Waals surface area contributed by atoms with Crippen molar-refractivity contribution in [2.45, 2.75) is 51.6 Å². The number of rotatable bonds is 14. The van der Waals surface area contributed by atoms with Crippen LogP contribution in [0.4, 0.5) is 0 Å². The topological polar surface area (TPSA) is 64.7 Å². The monoisotopic (exact) mass is 684 g/mol. The van der Waals surface area contributed by atoms with Crippen LogP contribution in [0.2, 0.25) is 10.0 Å². The van der Waals surface area contributed by atoms with Gasteiger partial charge in [0, 0.05) is 59.4 Å². The molecule has 0 spiro atoms. The van der Waals surface area contributed by atoms with Gasteiger partial charge in [-0.15, -0.1) is 0 Å². The molecule has 0 radical (unpaired) electrons. The van der Waals surface area contributed by atoms with Gasteiger partial charge in [-0.3, -0.25) is 9.59 Å². The van der Waals surface area contributed by atoms with Gasteiger partial charge in [0.25, 0.3) is 11.8 Å². The van der Waals surface area contributed by atoms with Crippen molar-refractivity contribution in [2.24, 2.45) is 0 Å². The van der Waals surface area contributed by atoms with Gasteiger partial charge in [-0.2, -0.15) is 0 Å². The molecule has 6 nitrogen and oxygen atoms in total. The number of piperazine rings is 1. The van der Waals surface area contributed by atoms with Crippen LogP contribution in [0.1, 0.15) is 56.8 Å². The zero-order chi connectivity index (χ0) is 33.9. The molecule has 2 unspecified atom stereocenters. The van der Waals surface area contributed by atoms with Gasteiger partial charge in [0.2, 0.25) is 0 Å². The molecule has 4 aromatic carbocycles. The van der Waals surface area contributed by atoms with Crippen LogP contribution in [-0.4, -0.2) is 73.0 Å². The molecule has 4 aromatic rings. The normalized spacial score (nSPS) is 14.5. The average molecular weight is 686 g/mol. The highest BCUT2D eigenvalue weighted by Crippen LogP contribution is 2.16. The van der Waals surface area contributed by atoms with Crippen molar-refractivity contribution < 1.29 is 9.59 Å². The zero-order valence-electron chi connectivity index (χ0n) is 27.9. The molecule has 252 valence electrons. The van der Waals surface area contributed by atoms with E-state index in [2.05, 4.69) is 36.6 Å². The maximum atomic E-state index is 13.2. The van der Waals surface area contributed by atoms with Crippen LogP contribution in [0.15, 0.2) is 97.1 Å². The lowest BCUT2D eigenvalue weighted by molar-refractivity contribution is 0.0535. The number of hydrogen-bond donors (Lipinski definition) is 2. The summed E-state index contributed by atoms with van der Waals surface area (Å²) >= 11 is 12.2. The molecule has 1 aliphatic heterocycles. The van der Waals surface area contributed by atoms with Crippen molar-refractivity contribution in [3.63, 3.8) is 0 Å². The first-order valence-electron chi connectivity index (χ1n) is 17.0. The number of hydrogen-bond acceptors (Lipinski definition) is 4. The minimum atomic E-state index is 0.0148. The van der Waals surface area contributed by atoms with Gasteiger partial charge >= 0.3 is 0 Å². The van der Waals surface area contributed by atoms with E-state index in [1.54, 1.807) is 0 Å². The lowest BCUT2D eigenvalue weighted by atomic mass is 10.0. The third-order valence-corrected chi connectivity index (χ3v) is 9.40. The quantitative estimate of drug-likeness (QED) is 0.149. The number of nitrogens with one attached hydrogen (secondary N) is 2. The standard InChI is InChI=1S/C40H46Cl2N4O2/c1-29(43-19-17-31-5-3-7-37(41)27-31)25-33-9-13-35(14-10-33)39(47)45-21-23-46(24-22-45)40(48)36-15-11-34(12-16-36)26-30(2)44-20-18-32-6-4-8-38(42)28-32/h3-16,27-30,43-44H,17-26H2,1-2H3. The van der Waals surface area contributed by atoms with Gasteiger partial charge < -0.3 is 20.4 Å². The summed E-state index contributed by atoms with van der Waals surface area (Å²) in [4.78, 5) is 30.2. The van der Waals surface area contributed by atoms with E-state index in [9.17, 15) is 9.59 Å². The predicted octanol–water partition coefficient (Wildman–Crippen LogP) is 7.12. The SMILES string of the molecule is CC(Cc1ccc(C(=O)N2CCN(C(=O)c3ccc(CC(C)NCCc4cccc(Cl)c4)cc3)CC2)cc1)NCCc1cccc(Cl)c1. The van der Waals surface area contributed by atoms with Gasteiger partial charge in [0.15, 0.2) is 0 Å². The summed E-state index contributed by atoms with van der Waals surface area (Å²) in [7, 11) is 0. The van der Waals surface area contributed by atoms with E-state index < -0.39 is 0 Å². The van der Waals surface area contributed by atoms with E-state index in [1.165, 1.54) is 22.3 Å². The molecule has 0 aromatic heterocycles. The van der Waals surface area contributed by atoms with E-state index in [-0.39, 0.29) is 11.8 Å². The van der Waals surface area contributed by atoms with Crippen LogP contribution < -0.4 is 10.6 Å². The average Bonchev–Trinajstić information content (AvgIpc) is 3.08. The molecule has 0 aliphatic carbocycles. The molecule has 1 saturated heterocycles. The molecule has 2 amide bonds. The fraction of sp³-hybridized carbons (Fsp3) is 0.350. The number of amides is 2. The molecule has 48 heavy (non-hydrogen) atoms. The highest BCUT2D eigenvalue weighted by Gasteiger charge is 2.25. The Hall–Kier alpha value is -3.68. The Kier molecular flexibility index (Phi) is 13.1. The molecule has 5 rings (SSSR count). The van der Waals surface area contributed by atoms with Crippen molar-refractivity contribution >= 4 is 35.0 Å². The summed E-state index contributed by atoms with van der Waals surface area (Å²) in [6.07, 6.45) is 3.61. The minimum Gasteiger partial charge on any atom is -0.335 e. The summed E-state index contributed by atoms with van der Waals surface area (Å²) in [5.74, 6) is 0.0296. The highest BCUT2D eigenvalue weighted by molar-refractivity contribution is 6.30. The highest BCUT2D eigenvalue weighted by atomic mass is 35.5. The van der Waals surface area contributed by atoms with Crippen molar-refractivity contribution in [3.8, 4) is 0 Å². The Morgan fingerprint density at radius 3 is 1.31 bits per heavy atom. The maximum Gasteiger partial charge on any atom is 0.253 e. The Morgan fingerprint density at radius 2 is 0.958 bits per heavy atom. The van der Waals surface area contributed by atoms with E-state index in [1.807, 2.05) is 94.7 Å². The second-order valence-corrected chi connectivity index (χ2v) is 13.7. The third-order valence-electron chi connectivity index (χ3n) is 8.93. The molecule has 1 aliphatic rings. The second kappa shape index (κ2) is 17.6. The van der Waals surface area contributed by atoms with E-state index in [0.29, 0.717) is 49.4 Å². The Labute approximate surface area is 295 Å². The molecule has 2 atom stereocenters. The summed E-state index contributed by atoms with van der Waals surface area (Å²) in [5, 5.41) is 8.69. The fourth-order valence-electron chi connectivity index (χ4n) is 6.21. The molecule has 0 saturated carbocycles. The number of nitrogens with zero attached hydrogens (tertiary/aromatic N) is 2. The number of carbonyl (C=O) groups excluding carboxylic acids is 2. The van der Waals surface area contributed by atoms with Crippen LogP contribution in [0.25, 0.3) is 0 Å². The van der Waals surface area contributed by atoms with E-state index >= 15 is 0 Å². The fourth-order valence-corrected chi connectivity index (χ4v) is 6.63. The van der Waals surface area contributed by atoms with Gasteiger partial charge in [-0.05, 0) is 123 Å². The van der Waals surface area contributed by atoms with Crippen LogP contribution >= 0.6 is 23.2 Å². The third kappa shape index (κ3) is 10.7. The lowest BCUT2D eigenvalue weighted by Crippen LogP contribution is -2.50. The number of halogens is 2. The van der Waals surface area contributed by atoms with E-state index in [4.69, 9.17) is 23.2 Å². The van der Waals surface area contributed by atoms with Crippen LogP contribution in [0.3, 0.4) is 0 Å². The zero-order valence-corrected chi connectivity index (χ0v) is 29.4. The molecular weight excluding hydrogens is 639 g/mol. The summed E-state index contributed by atoms with van der Waals surface area (Å²) in [6.45, 7) is 8.20. The van der Waals surface area contributed by atoms with Crippen molar-refractivity contribution in [2.75, 3.05) is 39.3 Å². The van der Waals surface area contributed by atoms with Crippen molar-refractivity contribution in [1.29, 1.82) is 0 Å². The van der Waals surface area contributed by atoms with Gasteiger partial charge in [0.05, 0.1) is 0 Å². The minimum absolute atomic E-state index is 0.0148. The number of carbonyl (C=O) groups is 2.